The van der Waals surface area contributed by atoms with Gasteiger partial charge in [0.2, 0.25) is 0 Å². The topological polar surface area (TPSA) is 26.0 Å². The van der Waals surface area contributed by atoms with Crippen LogP contribution >= 0.6 is 27.3 Å². The number of thiophene rings is 1. The van der Waals surface area contributed by atoms with Crippen molar-refractivity contribution in [3.8, 4) is 0 Å². The van der Waals surface area contributed by atoms with Crippen LogP contribution in [0.5, 0.6) is 0 Å². The molecule has 0 aliphatic rings. The van der Waals surface area contributed by atoms with Crippen LogP contribution in [0.15, 0.2) is 16.6 Å². The second-order valence-corrected chi connectivity index (χ2v) is 4.35. The Morgan fingerprint density at radius 2 is 2.45 bits per heavy atom. The molecule has 2 N–H and O–H groups in total. The van der Waals surface area contributed by atoms with Crippen LogP contribution in [0, 0.1) is 6.92 Å². The normalized spacial score (nSPS) is 11.2. The van der Waals surface area contributed by atoms with E-state index in [1.54, 1.807) is 11.3 Å². The molecule has 0 aromatic carbocycles. The molecular formula is C8H10BrNS. The highest BCUT2D eigenvalue weighted by Gasteiger charge is 1.98. The quantitative estimate of drug-likeness (QED) is 0.833. The lowest BCUT2D eigenvalue weighted by Gasteiger charge is -1.85. The Labute approximate surface area is 79.0 Å². The largest absolute Gasteiger partial charge is 0.327 e. The summed E-state index contributed by atoms with van der Waals surface area (Å²) in [5, 5.41) is 0. The zero-order valence-corrected chi connectivity index (χ0v) is 8.71. The first-order chi connectivity index (χ1) is 5.24. The van der Waals surface area contributed by atoms with Gasteiger partial charge in [0.1, 0.15) is 0 Å². The van der Waals surface area contributed by atoms with E-state index < -0.39 is 0 Å². The van der Waals surface area contributed by atoms with Crippen molar-refractivity contribution >= 4 is 33.3 Å². The summed E-state index contributed by atoms with van der Waals surface area (Å²) in [5.74, 6) is 0. The predicted molar refractivity (Wildman–Crippen MR) is 54.8 cm³/mol. The Morgan fingerprint density at radius 3 is 2.91 bits per heavy atom. The van der Waals surface area contributed by atoms with E-state index in [9.17, 15) is 0 Å². The van der Waals surface area contributed by atoms with Crippen LogP contribution in [0.4, 0.5) is 0 Å². The average molecular weight is 232 g/mol. The first-order valence-corrected chi connectivity index (χ1v) is 4.97. The van der Waals surface area contributed by atoms with Crippen molar-refractivity contribution in [3.63, 3.8) is 0 Å². The maximum atomic E-state index is 5.34. The van der Waals surface area contributed by atoms with Crippen molar-refractivity contribution in [2.45, 2.75) is 6.92 Å². The zero-order chi connectivity index (χ0) is 8.27. The molecule has 0 bridgehead atoms. The summed E-state index contributed by atoms with van der Waals surface area (Å²) in [7, 11) is 0. The highest BCUT2D eigenvalue weighted by atomic mass is 79.9. The van der Waals surface area contributed by atoms with Crippen LogP contribution in [-0.2, 0) is 0 Å². The number of hydrogen-bond donors (Lipinski definition) is 1. The molecule has 0 saturated heterocycles. The minimum atomic E-state index is 0.601. The number of rotatable bonds is 2. The maximum Gasteiger partial charge on any atom is 0.0412 e. The van der Waals surface area contributed by atoms with Gasteiger partial charge in [-0.3, -0.25) is 0 Å². The molecule has 0 unspecified atom stereocenters. The Bertz CT molecular complexity index is 265. The van der Waals surface area contributed by atoms with Crippen LogP contribution < -0.4 is 5.73 Å². The van der Waals surface area contributed by atoms with Crippen molar-refractivity contribution in [1.82, 2.24) is 0 Å². The Balaban J connectivity index is 2.85. The summed E-state index contributed by atoms with van der Waals surface area (Å²) < 4.78 is 1.16. The Morgan fingerprint density at radius 1 is 1.73 bits per heavy atom. The van der Waals surface area contributed by atoms with Gasteiger partial charge in [0.05, 0.1) is 0 Å². The summed E-state index contributed by atoms with van der Waals surface area (Å²) in [4.78, 5) is 2.56. The van der Waals surface area contributed by atoms with E-state index in [-0.39, 0.29) is 0 Å². The molecule has 1 aromatic heterocycles. The summed E-state index contributed by atoms with van der Waals surface area (Å²) in [5.41, 5.74) is 5.34. The van der Waals surface area contributed by atoms with Gasteiger partial charge >= 0.3 is 0 Å². The lowest BCUT2D eigenvalue weighted by molar-refractivity contribution is 1.26. The SMILES string of the molecule is Cc1cc(Br)c(/C=C/CN)s1. The van der Waals surface area contributed by atoms with Gasteiger partial charge in [-0.05, 0) is 35.0 Å². The summed E-state index contributed by atoms with van der Waals surface area (Å²) in [6.07, 6.45) is 4.00. The van der Waals surface area contributed by atoms with Crippen LogP contribution in [0.25, 0.3) is 6.08 Å². The highest BCUT2D eigenvalue weighted by molar-refractivity contribution is 9.10. The van der Waals surface area contributed by atoms with E-state index in [1.807, 2.05) is 12.2 Å². The molecule has 0 aliphatic carbocycles. The van der Waals surface area contributed by atoms with Gasteiger partial charge in [-0.15, -0.1) is 11.3 Å². The molecule has 0 aliphatic heterocycles. The molecule has 1 heterocycles. The standard InChI is InChI=1S/C8H10BrNS/c1-6-5-7(9)8(11-6)3-2-4-10/h2-3,5H,4,10H2,1H3/b3-2+. The minimum absolute atomic E-state index is 0.601. The molecule has 0 radical (unpaired) electrons. The highest BCUT2D eigenvalue weighted by Crippen LogP contribution is 2.27. The second-order valence-electron chi connectivity index (χ2n) is 2.21. The molecule has 60 valence electrons. The third kappa shape index (κ3) is 2.43. The van der Waals surface area contributed by atoms with E-state index in [2.05, 4.69) is 28.9 Å². The molecule has 11 heavy (non-hydrogen) atoms. The second kappa shape index (κ2) is 4.04. The molecular weight excluding hydrogens is 222 g/mol. The number of halogens is 1. The third-order valence-electron chi connectivity index (χ3n) is 1.24. The number of aryl methyl sites for hydroxylation is 1. The number of nitrogens with two attached hydrogens (primary N) is 1. The lowest BCUT2D eigenvalue weighted by Crippen LogP contribution is -1.91. The molecule has 0 saturated carbocycles. The van der Waals surface area contributed by atoms with Gasteiger partial charge in [0, 0.05) is 20.8 Å². The van der Waals surface area contributed by atoms with Crippen molar-refractivity contribution in [1.29, 1.82) is 0 Å². The van der Waals surface area contributed by atoms with Crippen LogP contribution in [0.3, 0.4) is 0 Å². The number of hydrogen-bond acceptors (Lipinski definition) is 2. The van der Waals surface area contributed by atoms with Gasteiger partial charge in [-0.2, -0.15) is 0 Å². The van der Waals surface area contributed by atoms with E-state index >= 15 is 0 Å². The van der Waals surface area contributed by atoms with Crippen molar-refractivity contribution in [3.05, 3.63) is 26.4 Å². The lowest BCUT2D eigenvalue weighted by atomic mass is 10.4. The minimum Gasteiger partial charge on any atom is -0.327 e. The smallest absolute Gasteiger partial charge is 0.0412 e. The van der Waals surface area contributed by atoms with Gasteiger partial charge in [-0.1, -0.05) is 6.08 Å². The molecule has 3 heteroatoms. The van der Waals surface area contributed by atoms with Gasteiger partial charge in [0.15, 0.2) is 0 Å². The van der Waals surface area contributed by atoms with Crippen LogP contribution in [0.2, 0.25) is 0 Å². The van der Waals surface area contributed by atoms with E-state index in [1.165, 1.54) is 9.75 Å². The third-order valence-corrected chi connectivity index (χ3v) is 3.18. The van der Waals surface area contributed by atoms with Crippen molar-refractivity contribution < 1.29 is 0 Å². The van der Waals surface area contributed by atoms with Gasteiger partial charge in [0.25, 0.3) is 0 Å². The maximum absolute atomic E-state index is 5.34. The van der Waals surface area contributed by atoms with E-state index in [4.69, 9.17) is 5.73 Å². The molecule has 0 atom stereocenters. The molecule has 0 spiro atoms. The summed E-state index contributed by atoms with van der Waals surface area (Å²) in [6, 6.07) is 2.11. The van der Waals surface area contributed by atoms with Gasteiger partial charge in [-0.25, -0.2) is 0 Å². The predicted octanol–water partition coefficient (Wildman–Crippen LogP) is 2.79. The van der Waals surface area contributed by atoms with Crippen LogP contribution in [0.1, 0.15) is 9.75 Å². The molecule has 1 nitrogen and oxygen atoms in total. The van der Waals surface area contributed by atoms with E-state index in [0.717, 1.165) is 4.47 Å². The molecule has 1 rings (SSSR count). The summed E-state index contributed by atoms with van der Waals surface area (Å²) >= 11 is 5.23. The average Bonchev–Trinajstić information content (AvgIpc) is 2.26. The zero-order valence-electron chi connectivity index (χ0n) is 6.30. The van der Waals surface area contributed by atoms with Gasteiger partial charge < -0.3 is 5.73 Å². The molecule has 0 amide bonds. The Kier molecular flexibility index (Phi) is 3.30. The molecule has 0 fully saturated rings. The fourth-order valence-electron chi connectivity index (χ4n) is 0.790. The van der Waals surface area contributed by atoms with Crippen molar-refractivity contribution in [2.24, 2.45) is 5.73 Å². The molecule has 1 aromatic rings. The monoisotopic (exact) mass is 231 g/mol. The fraction of sp³-hybridized carbons (Fsp3) is 0.250. The first-order valence-electron chi connectivity index (χ1n) is 3.36. The fourth-order valence-corrected chi connectivity index (χ4v) is 2.50. The Hall–Kier alpha value is -0.120. The summed E-state index contributed by atoms with van der Waals surface area (Å²) in [6.45, 7) is 2.69. The van der Waals surface area contributed by atoms with Crippen molar-refractivity contribution in [2.75, 3.05) is 6.54 Å². The van der Waals surface area contributed by atoms with E-state index in [0.29, 0.717) is 6.54 Å². The first kappa shape index (κ1) is 8.97. The van der Waals surface area contributed by atoms with Crippen LogP contribution in [-0.4, -0.2) is 6.54 Å².